The standard InChI is InChI=1S/C15H12N4O3S/c1-19-7-10(12(18-19)15(21)22)16-13(20)11-8-23-14(17-11)9-5-3-2-4-6-9/h2-8H,1H3,(H,16,20)(H,21,22). The number of thiazole rings is 1. The Labute approximate surface area is 135 Å². The van der Waals surface area contributed by atoms with E-state index in [2.05, 4.69) is 15.4 Å². The Balaban J connectivity index is 1.82. The number of carboxylic acid groups (broad SMARTS) is 1. The Kier molecular flexibility index (Phi) is 3.90. The summed E-state index contributed by atoms with van der Waals surface area (Å²) in [5.41, 5.74) is 1.08. The molecule has 23 heavy (non-hydrogen) atoms. The number of anilines is 1. The van der Waals surface area contributed by atoms with E-state index in [0.29, 0.717) is 0 Å². The van der Waals surface area contributed by atoms with Gasteiger partial charge in [-0.3, -0.25) is 9.48 Å². The van der Waals surface area contributed by atoms with Gasteiger partial charge in [0.1, 0.15) is 10.7 Å². The van der Waals surface area contributed by atoms with Gasteiger partial charge < -0.3 is 10.4 Å². The number of aromatic carboxylic acids is 1. The molecule has 2 N–H and O–H groups in total. The second-order valence-electron chi connectivity index (χ2n) is 4.73. The van der Waals surface area contributed by atoms with Crippen molar-refractivity contribution in [2.75, 3.05) is 5.32 Å². The molecule has 116 valence electrons. The van der Waals surface area contributed by atoms with Crippen LogP contribution in [0.5, 0.6) is 0 Å². The lowest BCUT2D eigenvalue weighted by atomic mass is 10.2. The summed E-state index contributed by atoms with van der Waals surface area (Å²) in [6.45, 7) is 0. The van der Waals surface area contributed by atoms with E-state index < -0.39 is 11.9 Å². The highest BCUT2D eigenvalue weighted by atomic mass is 32.1. The maximum Gasteiger partial charge on any atom is 0.358 e. The van der Waals surface area contributed by atoms with Crippen LogP contribution in [0.25, 0.3) is 10.6 Å². The number of rotatable bonds is 4. The third kappa shape index (κ3) is 3.11. The highest BCUT2D eigenvalue weighted by Gasteiger charge is 2.19. The molecule has 7 nitrogen and oxygen atoms in total. The zero-order chi connectivity index (χ0) is 16.4. The Morgan fingerprint density at radius 1 is 1.26 bits per heavy atom. The minimum absolute atomic E-state index is 0.138. The number of benzene rings is 1. The van der Waals surface area contributed by atoms with Crippen LogP contribution in [0.3, 0.4) is 0 Å². The predicted octanol–water partition coefficient (Wildman–Crippen LogP) is 2.49. The molecule has 3 rings (SSSR count). The van der Waals surface area contributed by atoms with Gasteiger partial charge in [0.15, 0.2) is 5.69 Å². The number of carbonyl (C=O) groups is 2. The highest BCUT2D eigenvalue weighted by Crippen LogP contribution is 2.24. The molecule has 0 unspecified atom stereocenters. The van der Waals surface area contributed by atoms with Crippen molar-refractivity contribution in [3.05, 3.63) is 53.3 Å². The van der Waals surface area contributed by atoms with Gasteiger partial charge in [-0.2, -0.15) is 5.10 Å². The molecule has 1 amide bonds. The third-order valence-corrected chi connectivity index (χ3v) is 3.93. The second kappa shape index (κ2) is 6.01. The predicted molar refractivity (Wildman–Crippen MR) is 85.7 cm³/mol. The molecule has 0 atom stereocenters. The van der Waals surface area contributed by atoms with Crippen LogP contribution in [0, 0.1) is 0 Å². The SMILES string of the molecule is Cn1cc(NC(=O)c2csc(-c3ccccc3)n2)c(C(=O)O)n1. The van der Waals surface area contributed by atoms with Crippen molar-refractivity contribution < 1.29 is 14.7 Å². The molecular formula is C15H12N4O3S. The number of aromatic nitrogens is 3. The number of nitrogens with one attached hydrogen (secondary N) is 1. The van der Waals surface area contributed by atoms with E-state index in [1.807, 2.05) is 30.3 Å². The topological polar surface area (TPSA) is 97.1 Å². The van der Waals surface area contributed by atoms with E-state index in [0.717, 1.165) is 10.6 Å². The van der Waals surface area contributed by atoms with Crippen molar-refractivity contribution in [2.45, 2.75) is 0 Å². The Hall–Kier alpha value is -3.00. The van der Waals surface area contributed by atoms with Crippen LogP contribution in [0.15, 0.2) is 41.9 Å². The summed E-state index contributed by atoms with van der Waals surface area (Å²) in [6, 6.07) is 9.51. The first-order chi connectivity index (χ1) is 11.0. The molecule has 2 heterocycles. The molecule has 0 aliphatic rings. The van der Waals surface area contributed by atoms with Crippen molar-refractivity contribution in [1.29, 1.82) is 0 Å². The lowest BCUT2D eigenvalue weighted by molar-refractivity contribution is 0.0690. The largest absolute Gasteiger partial charge is 0.476 e. The van der Waals surface area contributed by atoms with Gasteiger partial charge in [0.25, 0.3) is 5.91 Å². The number of carboxylic acids is 1. The van der Waals surface area contributed by atoms with Crippen LogP contribution in [-0.4, -0.2) is 31.7 Å². The summed E-state index contributed by atoms with van der Waals surface area (Å²) in [7, 11) is 1.58. The maximum atomic E-state index is 12.2. The minimum Gasteiger partial charge on any atom is -0.476 e. The second-order valence-corrected chi connectivity index (χ2v) is 5.59. The van der Waals surface area contributed by atoms with E-state index >= 15 is 0 Å². The first-order valence-electron chi connectivity index (χ1n) is 6.64. The summed E-state index contributed by atoms with van der Waals surface area (Å²) in [6.07, 6.45) is 1.44. The smallest absolute Gasteiger partial charge is 0.358 e. The van der Waals surface area contributed by atoms with Gasteiger partial charge in [-0.15, -0.1) is 11.3 Å². The lowest BCUT2D eigenvalue weighted by Gasteiger charge is -2.00. The average Bonchev–Trinajstić information content (AvgIpc) is 3.15. The van der Waals surface area contributed by atoms with Gasteiger partial charge in [-0.05, 0) is 0 Å². The van der Waals surface area contributed by atoms with Gasteiger partial charge in [0.2, 0.25) is 0 Å². The average molecular weight is 328 g/mol. The fraction of sp³-hybridized carbons (Fsp3) is 0.0667. The summed E-state index contributed by atoms with van der Waals surface area (Å²) in [4.78, 5) is 27.6. The van der Waals surface area contributed by atoms with Gasteiger partial charge >= 0.3 is 5.97 Å². The number of amides is 1. The zero-order valence-electron chi connectivity index (χ0n) is 12.1. The fourth-order valence-corrected chi connectivity index (χ4v) is 2.82. The molecule has 0 radical (unpaired) electrons. The molecule has 0 aliphatic carbocycles. The first kappa shape index (κ1) is 14.9. The van der Waals surface area contributed by atoms with Crippen molar-refractivity contribution in [3.8, 4) is 10.6 Å². The summed E-state index contributed by atoms with van der Waals surface area (Å²) in [5, 5.41) is 17.8. The molecule has 0 aliphatic heterocycles. The van der Waals surface area contributed by atoms with Gasteiger partial charge in [-0.1, -0.05) is 30.3 Å². The monoisotopic (exact) mass is 328 g/mol. The Morgan fingerprint density at radius 2 is 2.00 bits per heavy atom. The summed E-state index contributed by atoms with van der Waals surface area (Å²) < 4.78 is 1.33. The van der Waals surface area contributed by atoms with Crippen molar-refractivity contribution >= 4 is 28.9 Å². The molecule has 3 aromatic rings. The molecule has 0 fully saturated rings. The van der Waals surface area contributed by atoms with Crippen LogP contribution >= 0.6 is 11.3 Å². The lowest BCUT2D eigenvalue weighted by Crippen LogP contribution is -2.14. The number of nitrogens with zero attached hydrogens (tertiary/aromatic N) is 3. The molecular weight excluding hydrogens is 316 g/mol. The molecule has 0 saturated carbocycles. The van der Waals surface area contributed by atoms with Crippen molar-refractivity contribution in [1.82, 2.24) is 14.8 Å². The van der Waals surface area contributed by atoms with E-state index in [1.165, 1.54) is 22.2 Å². The quantitative estimate of drug-likeness (QED) is 0.767. The molecule has 0 spiro atoms. The van der Waals surface area contributed by atoms with Crippen LogP contribution in [0.2, 0.25) is 0 Å². The molecule has 0 saturated heterocycles. The highest BCUT2D eigenvalue weighted by molar-refractivity contribution is 7.13. The van der Waals surface area contributed by atoms with Crippen LogP contribution in [0.1, 0.15) is 21.0 Å². The van der Waals surface area contributed by atoms with Gasteiger partial charge in [-0.25, -0.2) is 9.78 Å². The van der Waals surface area contributed by atoms with Crippen LogP contribution < -0.4 is 5.32 Å². The van der Waals surface area contributed by atoms with E-state index in [1.54, 1.807) is 12.4 Å². The van der Waals surface area contributed by atoms with E-state index in [4.69, 9.17) is 5.11 Å². The minimum atomic E-state index is -1.20. The van der Waals surface area contributed by atoms with Crippen molar-refractivity contribution in [2.24, 2.45) is 7.05 Å². The Bertz CT molecular complexity index is 870. The zero-order valence-corrected chi connectivity index (χ0v) is 12.9. The number of hydrogen-bond acceptors (Lipinski definition) is 5. The number of hydrogen-bond donors (Lipinski definition) is 2. The number of carbonyl (C=O) groups excluding carboxylic acids is 1. The van der Waals surface area contributed by atoms with Gasteiger partial charge in [0, 0.05) is 24.2 Å². The van der Waals surface area contributed by atoms with E-state index in [9.17, 15) is 9.59 Å². The normalized spacial score (nSPS) is 10.5. The van der Waals surface area contributed by atoms with Crippen LogP contribution in [-0.2, 0) is 7.05 Å². The molecule has 2 aromatic heterocycles. The van der Waals surface area contributed by atoms with E-state index in [-0.39, 0.29) is 17.1 Å². The maximum absolute atomic E-state index is 12.2. The van der Waals surface area contributed by atoms with Gasteiger partial charge in [0.05, 0.1) is 5.69 Å². The third-order valence-electron chi connectivity index (χ3n) is 3.04. The number of aryl methyl sites for hydroxylation is 1. The Morgan fingerprint density at radius 3 is 2.70 bits per heavy atom. The summed E-state index contributed by atoms with van der Waals surface area (Å²) in [5.74, 6) is -1.68. The molecule has 0 bridgehead atoms. The van der Waals surface area contributed by atoms with Crippen molar-refractivity contribution in [3.63, 3.8) is 0 Å². The molecule has 8 heteroatoms. The molecule has 1 aromatic carbocycles. The fourth-order valence-electron chi connectivity index (χ4n) is 2.02. The first-order valence-corrected chi connectivity index (χ1v) is 7.52. The summed E-state index contributed by atoms with van der Waals surface area (Å²) >= 11 is 1.35. The van der Waals surface area contributed by atoms with Crippen LogP contribution in [0.4, 0.5) is 5.69 Å².